The number of aromatic nitrogens is 3. The highest BCUT2D eigenvalue weighted by Gasteiger charge is 2.07. The molecule has 0 aliphatic carbocycles. The Morgan fingerprint density at radius 3 is 2.58 bits per heavy atom. The van der Waals surface area contributed by atoms with Crippen molar-refractivity contribution in [2.45, 2.75) is 26.4 Å². The Bertz CT molecular complexity index is 784. The molecule has 1 aromatic heterocycles. The third kappa shape index (κ3) is 3.76. The van der Waals surface area contributed by atoms with Crippen LogP contribution in [-0.2, 0) is 6.61 Å². The zero-order chi connectivity index (χ0) is 16.8. The molecule has 0 saturated carbocycles. The number of unbranched alkanes of at least 4 members (excludes halogenated alkanes) is 1. The lowest BCUT2D eigenvalue weighted by atomic mass is 10.2. The highest BCUT2D eigenvalue weighted by molar-refractivity contribution is 5.75. The van der Waals surface area contributed by atoms with Crippen LogP contribution in [0.4, 0.5) is 0 Å². The van der Waals surface area contributed by atoms with E-state index in [4.69, 9.17) is 14.3 Å². The van der Waals surface area contributed by atoms with Crippen LogP contribution < -0.4 is 14.3 Å². The minimum atomic E-state index is 0.483. The van der Waals surface area contributed by atoms with Crippen LogP contribution in [0.1, 0.15) is 25.3 Å². The second-order valence-corrected chi connectivity index (χ2v) is 5.44. The van der Waals surface area contributed by atoms with Gasteiger partial charge in [-0.25, -0.2) is 0 Å². The summed E-state index contributed by atoms with van der Waals surface area (Å²) in [6, 6.07) is 13.5. The fourth-order valence-corrected chi connectivity index (χ4v) is 2.25. The predicted octanol–water partition coefficient (Wildman–Crippen LogP) is 3.25. The zero-order valence-electron chi connectivity index (χ0n) is 13.9. The van der Waals surface area contributed by atoms with Crippen LogP contribution in [0.5, 0.6) is 11.5 Å². The Kier molecular flexibility index (Phi) is 5.15. The number of methoxy groups -OCH3 is 1. The number of hydrogen-bond donors (Lipinski definition) is 0. The summed E-state index contributed by atoms with van der Waals surface area (Å²) in [6.07, 6.45) is 2.07. The molecule has 3 aromatic rings. The first kappa shape index (κ1) is 16.1. The van der Waals surface area contributed by atoms with Crippen molar-refractivity contribution in [3.63, 3.8) is 0 Å². The van der Waals surface area contributed by atoms with E-state index < -0.39 is 0 Å². The molecule has 0 atom stereocenters. The van der Waals surface area contributed by atoms with E-state index in [2.05, 4.69) is 17.2 Å². The molecule has 2 aromatic carbocycles. The summed E-state index contributed by atoms with van der Waals surface area (Å²) in [5.41, 5.74) is 2.66. The van der Waals surface area contributed by atoms with Crippen LogP contribution in [0.15, 0.2) is 42.5 Å². The number of nitrogens with zero attached hydrogens (tertiary/aromatic N) is 3. The van der Waals surface area contributed by atoms with Gasteiger partial charge < -0.3 is 14.3 Å². The van der Waals surface area contributed by atoms with Gasteiger partial charge in [-0.15, -0.1) is 5.10 Å². The largest absolute Gasteiger partial charge is 0.497 e. The lowest BCUT2D eigenvalue weighted by molar-refractivity contribution is 0.0853. The zero-order valence-corrected chi connectivity index (χ0v) is 13.9. The van der Waals surface area contributed by atoms with Crippen molar-refractivity contribution in [1.82, 2.24) is 15.2 Å². The molecular formula is C18H21N3O3. The molecule has 6 heteroatoms. The number of fused-ring (bicyclic) bond motifs is 1. The molecular weight excluding hydrogens is 306 g/mol. The molecule has 0 aliphatic rings. The standard InChI is InChI=1S/C18H21N3O3/c1-3-4-11-24-21-18-10-9-16(12-17(18)19-20-21)23-13-14-5-7-15(22-2)8-6-14/h5-10,12H,3-4,11,13H2,1-2H3. The number of ether oxygens (including phenoxy) is 2. The molecule has 24 heavy (non-hydrogen) atoms. The second kappa shape index (κ2) is 7.68. The molecule has 0 fully saturated rings. The van der Waals surface area contributed by atoms with E-state index in [-0.39, 0.29) is 0 Å². The van der Waals surface area contributed by atoms with Crippen molar-refractivity contribution in [3.8, 4) is 11.5 Å². The number of benzene rings is 2. The van der Waals surface area contributed by atoms with Crippen molar-refractivity contribution in [1.29, 1.82) is 0 Å². The number of rotatable bonds is 8. The molecule has 0 unspecified atom stereocenters. The molecule has 0 aliphatic heterocycles. The van der Waals surface area contributed by atoms with E-state index in [9.17, 15) is 0 Å². The summed E-state index contributed by atoms with van der Waals surface area (Å²) in [5, 5.41) is 8.15. The summed E-state index contributed by atoms with van der Waals surface area (Å²) in [5.74, 6) is 1.58. The molecule has 0 radical (unpaired) electrons. The van der Waals surface area contributed by atoms with Gasteiger partial charge in [-0.1, -0.05) is 30.3 Å². The van der Waals surface area contributed by atoms with Gasteiger partial charge in [0.25, 0.3) is 0 Å². The van der Waals surface area contributed by atoms with Crippen LogP contribution in [0, 0.1) is 0 Å². The van der Waals surface area contributed by atoms with Crippen molar-refractivity contribution >= 4 is 11.0 Å². The quantitative estimate of drug-likeness (QED) is 0.594. The summed E-state index contributed by atoms with van der Waals surface area (Å²) >= 11 is 0. The molecule has 6 nitrogen and oxygen atoms in total. The highest BCUT2D eigenvalue weighted by atomic mass is 16.7. The minimum Gasteiger partial charge on any atom is -0.497 e. The molecule has 0 bridgehead atoms. The Morgan fingerprint density at radius 2 is 1.83 bits per heavy atom. The Hall–Kier alpha value is -2.76. The van der Waals surface area contributed by atoms with Crippen molar-refractivity contribution in [3.05, 3.63) is 48.0 Å². The lowest BCUT2D eigenvalue weighted by Crippen LogP contribution is -2.14. The monoisotopic (exact) mass is 327 g/mol. The van der Waals surface area contributed by atoms with Gasteiger partial charge in [-0.2, -0.15) is 0 Å². The average Bonchev–Trinajstić information content (AvgIpc) is 3.03. The van der Waals surface area contributed by atoms with Crippen molar-refractivity contribution in [2.75, 3.05) is 13.7 Å². The van der Waals surface area contributed by atoms with Crippen LogP contribution >= 0.6 is 0 Å². The third-order valence-corrected chi connectivity index (χ3v) is 3.66. The molecule has 1 heterocycles. The SMILES string of the molecule is CCCCOn1nnc2cc(OCc3ccc(OC)cc3)ccc21. The van der Waals surface area contributed by atoms with Crippen LogP contribution in [-0.4, -0.2) is 28.9 Å². The molecule has 0 spiro atoms. The van der Waals surface area contributed by atoms with E-state index >= 15 is 0 Å². The van der Waals surface area contributed by atoms with Gasteiger partial charge in [-0.05, 0) is 41.5 Å². The topological polar surface area (TPSA) is 58.4 Å². The first-order valence-corrected chi connectivity index (χ1v) is 8.04. The molecule has 0 N–H and O–H groups in total. The van der Waals surface area contributed by atoms with Crippen LogP contribution in [0.2, 0.25) is 0 Å². The highest BCUT2D eigenvalue weighted by Crippen LogP contribution is 2.20. The maximum absolute atomic E-state index is 5.82. The Balaban J connectivity index is 1.64. The lowest BCUT2D eigenvalue weighted by Gasteiger charge is -2.07. The van der Waals surface area contributed by atoms with E-state index in [0.29, 0.717) is 13.2 Å². The summed E-state index contributed by atoms with van der Waals surface area (Å²) in [7, 11) is 1.65. The van der Waals surface area contributed by atoms with Crippen molar-refractivity contribution < 1.29 is 14.3 Å². The smallest absolute Gasteiger partial charge is 0.131 e. The summed E-state index contributed by atoms with van der Waals surface area (Å²) in [6.45, 7) is 3.23. The van der Waals surface area contributed by atoms with Gasteiger partial charge in [0.2, 0.25) is 0 Å². The Labute approximate surface area is 140 Å². The molecule has 126 valence electrons. The van der Waals surface area contributed by atoms with Crippen LogP contribution in [0.3, 0.4) is 0 Å². The van der Waals surface area contributed by atoms with Gasteiger partial charge in [0, 0.05) is 6.07 Å². The fraction of sp³-hybridized carbons (Fsp3) is 0.333. The van der Waals surface area contributed by atoms with Gasteiger partial charge >= 0.3 is 0 Å². The molecule has 0 amide bonds. The van der Waals surface area contributed by atoms with Gasteiger partial charge in [0.15, 0.2) is 0 Å². The minimum absolute atomic E-state index is 0.483. The maximum atomic E-state index is 5.82. The van der Waals surface area contributed by atoms with E-state index in [1.54, 1.807) is 7.11 Å². The van der Waals surface area contributed by atoms with Gasteiger partial charge in [-0.3, -0.25) is 0 Å². The first-order chi connectivity index (χ1) is 11.8. The van der Waals surface area contributed by atoms with Crippen molar-refractivity contribution in [2.24, 2.45) is 0 Å². The van der Waals surface area contributed by atoms with E-state index in [1.165, 1.54) is 4.85 Å². The third-order valence-electron chi connectivity index (χ3n) is 3.66. The van der Waals surface area contributed by atoms with Gasteiger partial charge in [0.1, 0.15) is 35.7 Å². The van der Waals surface area contributed by atoms with Crippen LogP contribution in [0.25, 0.3) is 11.0 Å². The molecule has 0 saturated heterocycles. The second-order valence-electron chi connectivity index (χ2n) is 5.44. The van der Waals surface area contributed by atoms with E-state index in [1.807, 2.05) is 42.5 Å². The maximum Gasteiger partial charge on any atom is 0.131 e. The Morgan fingerprint density at radius 1 is 1.04 bits per heavy atom. The number of hydrogen-bond acceptors (Lipinski definition) is 5. The van der Waals surface area contributed by atoms with Gasteiger partial charge in [0.05, 0.1) is 7.11 Å². The molecule has 3 rings (SSSR count). The van der Waals surface area contributed by atoms with E-state index in [0.717, 1.165) is 40.9 Å². The fourth-order valence-electron chi connectivity index (χ4n) is 2.25. The normalized spacial score (nSPS) is 10.8. The summed E-state index contributed by atoms with van der Waals surface area (Å²) in [4.78, 5) is 7.05. The average molecular weight is 327 g/mol. The predicted molar refractivity (Wildman–Crippen MR) is 91.2 cm³/mol. The summed E-state index contributed by atoms with van der Waals surface area (Å²) < 4.78 is 11.0. The first-order valence-electron chi connectivity index (χ1n) is 8.04.